The lowest BCUT2D eigenvalue weighted by Crippen LogP contribution is -2.11. The van der Waals surface area contributed by atoms with Gasteiger partial charge in [0.25, 0.3) is 0 Å². The fourth-order valence-corrected chi connectivity index (χ4v) is 0.370. The maximum Gasteiger partial charge on any atom is 0.818 e. The van der Waals surface area contributed by atoms with Crippen LogP contribution in [0.4, 0.5) is 17.3 Å². The molecule has 10 heteroatoms. The van der Waals surface area contributed by atoms with Crippen LogP contribution in [0, 0.1) is 0 Å². The average molecular weight is 212 g/mol. The zero-order chi connectivity index (χ0) is 11.1. The Kier molecular flexibility index (Phi) is 5.73. The molecule has 0 spiro atoms. The molecule has 0 fully saturated rings. The highest BCUT2D eigenvalue weighted by atomic mass is 19.2. The molecule has 0 N–H and O–H groups in total. The van der Waals surface area contributed by atoms with Crippen molar-refractivity contribution < 1.29 is 26.8 Å². The van der Waals surface area contributed by atoms with E-state index in [1.54, 1.807) is 0 Å². The van der Waals surface area contributed by atoms with Gasteiger partial charge in [0.05, 0.1) is 11.4 Å². The van der Waals surface area contributed by atoms with Crippen LogP contribution in [0.3, 0.4) is 0 Å². The van der Waals surface area contributed by atoms with Gasteiger partial charge in [-0.25, -0.2) is 17.3 Å². The van der Waals surface area contributed by atoms with Gasteiger partial charge in [-0.05, 0) is 13.8 Å². The van der Waals surface area contributed by atoms with Crippen LogP contribution < -0.4 is 0 Å². The smallest absolute Gasteiger partial charge is 0.397 e. The molecular weight excluding hydrogens is 206 g/mol. The first-order chi connectivity index (χ1) is 6.43. The fraction of sp³-hybridized carbons (Fsp3) is 0.500. The Morgan fingerprint density at radius 3 is 1.36 bits per heavy atom. The Hall–Kier alpha value is -1.21. The maximum atomic E-state index is 11.5. The lowest BCUT2D eigenvalue weighted by molar-refractivity contribution is 0.267. The molecule has 0 saturated heterocycles. The van der Waals surface area contributed by atoms with E-state index in [2.05, 4.69) is 19.8 Å². The van der Waals surface area contributed by atoms with E-state index in [1.165, 1.54) is 13.8 Å². The lowest BCUT2D eigenvalue weighted by atomic mass is 10.3. The zero-order valence-electron chi connectivity index (χ0n) is 7.38. The molecule has 0 aromatic rings. The Morgan fingerprint density at radius 2 is 1.14 bits per heavy atom. The molecule has 4 nitrogen and oxygen atoms in total. The Balaban J connectivity index is 4.15. The third kappa shape index (κ3) is 6.32. The largest absolute Gasteiger partial charge is 0.818 e. The summed E-state index contributed by atoms with van der Waals surface area (Å²) >= 11 is 0. The standard InChI is InChI=1S/C4H6B2F4N2O2/c1-3(11-13-5(7)8)4(2)12-14-6(9)10/h1-2H3/b11-3+,12-4+. The van der Waals surface area contributed by atoms with Crippen molar-refractivity contribution in [3.8, 4) is 0 Å². The minimum absolute atomic E-state index is 0.0778. The van der Waals surface area contributed by atoms with Gasteiger partial charge in [-0.1, -0.05) is 0 Å². The summed E-state index contributed by atoms with van der Waals surface area (Å²) in [5.41, 5.74) is -0.156. The molecule has 78 valence electrons. The van der Waals surface area contributed by atoms with Crippen molar-refractivity contribution in [1.29, 1.82) is 0 Å². The number of hydrogen-bond acceptors (Lipinski definition) is 4. The first kappa shape index (κ1) is 12.8. The van der Waals surface area contributed by atoms with Gasteiger partial charge in [0, 0.05) is 0 Å². The second-order valence-electron chi connectivity index (χ2n) is 2.09. The van der Waals surface area contributed by atoms with Crippen LogP contribution in [0.1, 0.15) is 13.8 Å². The third-order valence-corrected chi connectivity index (χ3v) is 1.06. The summed E-state index contributed by atoms with van der Waals surface area (Å²) in [6.45, 7) is 2.52. The van der Waals surface area contributed by atoms with Crippen molar-refractivity contribution in [2.45, 2.75) is 13.8 Å². The van der Waals surface area contributed by atoms with Crippen LogP contribution in [-0.2, 0) is 9.51 Å². The summed E-state index contributed by atoms with van der Waals surface area (Å²) in [4.78, 5) is 0. The predicted octanol–water partition coefficient (Wildman–Crippen LogP) is 1.62. The highest BCUT2D eigenvalue weighted by Gasteiger charge is 2.18. The first-order valence-corrected chi connectivity index (χ1v) is 3.41. The molecule has 0 aliphatic carbocycles. The van der Waals surface area contributed by atoms with Crippen LogP contribution >= 0.6 is 0 Å². The second-order valence-corrected chi connectivity index (χ2v) is 2.09. The van der Waals surface area contributed by atoms with Crippen molar-refractivity contribution in [1.82, 2.24) is 0 Å². The van der Waals surface area contributed by atoms with Crippen molar-refractivity contribution in [3.05, 3.63) is 0 Å². The molecule has 14 heavy (non-hydrogen) atoms. The molecule has 0 aliphatic rings. The van der Waals surface area contributed by atoms with Crippen molar-refractivity contribution >= 4 is 26.4 Å². The van der Waals surface area contributed by atoms with E-state index < -0.39 is 14.9 Å². The lowest BCUT2D eigenvalue weighted by Gasteiger charge is -1.98. The van der Waals surface area contributed by atoms with E-state index in [1.807, 2.05) is 0 Å². The first-order valence-electron chi connectivity index (χ1n) is 3.41. The molecule has 0 amide bonds. The number of nitrogens with zero attached hydrogens (tertiary/aromatic N) is 2. The molecule has 0 unspecified atom stereocenters. The van der Waals surface area contributed by atoms with Gasteiger partial charge in [0.2, 0.25) is 0 Å². The number of oxime groups is 2. The van der Waals surface area contributed by atoms with E-state index >= 15 is 0 Å². The Morgan fingerprint density at radius 1 is 0.857 bits per heavy atom. The van der Waals surface area contributed by atoms with Gasteiger partial charge in [-0.15, -0.1) is 10.3 Å². The Labute approximate surface area is 78.3 Å². The van der Waals surface area contributed by atoms with E-state index in [-0.39, 0.29) is 11.4 Å². The third-order valence-electron chi connectivity index (χ3n) is 1.06. The fourth-order valence-electron chi connectivity index (χ4n) is 0.370. The molecular formula is C4H6B2F4N2O2. The van der Waals surface area contributed by atoms with Gasteiger partial charge in [0.1, 0.15) is 0 Å². The molecule has 0 aromatic heterocycles. The van der Waals surface area contributed by atoms with Crippen LogP contribution in [0.2, 0.25) is 0 Å². The summed E-state index contributed by atoms with van der Waals surface area (Å²) in [7, 11) is -6.12. The summed E-state index contributed by atoms with van der Waals surface area (Å²) in [6, 6.07) is 0. The van der Waals surface area contributed by atoms with Crippen LogP contribution in [0.25, 0.3) is 0 Å². The van der Waals surface area contributed by atoms with Crippen LogP contribution in [0.5, 0.6) is 0 Å². The molecule has 0 aliphatic heterocycles. The highest BCUT2D eigenvalue weighted by molar-refractivity contribution is 6.41. The van der Waals surface area contributed by atoms with Crippen molar-refractivity contribution in [2.75, 3.05) is 0 Å². The molecule has 0 atom stereocenters. The Bertz CT molecular complexity index is 211. The second kappa shape index (κ2) is 6.27. The average Bonchev–Trinajstić information content (AvgIpc) is 2.09. The molecule has 0 aromatic carbocycles. The summed E-state index contributed by atoms with van der Waals surface area (Å²) < 4.78 is 52.9. The zero-order valence-corrected chi connectivity index (χ0v) is 7.38. The molecule has 0 rings (SSSR count). The summed E-state index contributed by atoms with van der Waals surface area (Å²) in [5.74, 6) is 0. The monoisotopic (exact) mass is 212 g/mol. The van der Waals surface area contributed by atoms with E-state index in [9.17, 15) is 17.3 Å². The normalized spacial score (nSPS) is 12.4. The van der Waals surface area contributed by atoms with Gasteiger partial charge in [-0.2, -0.15) is 0 Å². The number of rotatable bonds is 5. The molecule has 0 bridgehead atoms. The van der Waals surface area contributed by atoms with Crippen LogP contribution in [0.15, 0.2) is 10.3 Å². The van der Waals surface area contributed by atoms with Gasteiger partial charge >= 0.3 is 14.9 Å². The number of halogens is 4. The quantitative estimate of drug-likeness (QED) is 0.300. The van der Waals surface area contributed by atoms with E-state index in [4.69, 9.17) is 0 Å². The van der Waals surface area contributed by atoms with Gasteiger partial charge < -0.3 is 9.51 Å². The van der Waals surface area contributed by atoms with Crippen molar-refractivity contribution in [3.63, 3.8) is 0 Å². The summed E-state index contributed by atoms with van der Waals surface area (Å²) in [6.07, 6.45) is 0. The molecule has 0 saturated carbocycles. The SMILES string of the molecule is CC(=N\OB(F)F)/C(C)=N/OB(F)F. The molecule has 0 heterocycles. The number of hydrogen-bond donors (Lipinski definition) is 0. The predicted molar refractivity (Wildman–Crippen MR) is 44.3 cm³/mol. The molecule has 0 radical (unpaired) electrons. The van der Waals surface area contributed by atoms with Crippen molar-refractivity contribution in [2.24, 2.45) is 10.3 Å². The van der Waals surface area contributed by atoms with E-state index in [0.717, 1.165) is 0 Å². The van der Waals surface area contributed by atoms with Crippen LogP contribution in [-0.4, -0.2) is 26.4 Å². The minimum atomic E-state index is -3.06. The van der Waals surface area contributed by atoms with Gasteiger partial charge in [-0.3, -0.25) is 0 Å². The highest BCUT2D eigenvalue weighted by Crippen LogP contribution is 1.95. The van der Waals surface area contributed by atoms with E-state index in [0.29, 0.717) is 0 Å². The minimum Gasteiger partial charge on any atom is -0.397 e. The summed E-state index contributed by atoms with van der Waals surface area (Å²) in [5, 5.41) is 5.82. The maximum absolute atomic E-state index is 11.5. The topological polar surface area (TPSA) is 43.2 Å². The van der Waals surface area contributed by atoms with Gasteiger partial charge in [0.15, 0.2) is 0 Å².